The predicted octanol–water partition coefficient (Wildman–Crippen LogP) is 0.143. The Bertz CT molecular complexity index is 94.5. The van der Waals surface area contributed by atoms with Crippen molar-refractivity contribution in [2.24, 2.45) is 0 Å². The van der Waals surface area contributed by atoms with Gasteiger partial charge in [-0.3, -0.25) is 0 Å². The lowest BCUT2D eigenvalue weighted by Crippen LogP contribution is -1.79. The van der Waals surface area contributed by atoms with Crippen LogP contribution in [0.2, 0.25) is 0 Å². The lowest BCUT2D eigenvalue weighted by atomic mass is 10.7. The molecule has 1 atom stereocenters. The van der Waals surface area contributed by atoms with Crippen molar-refractivity contribution in [3.8, 4) is 0 Å². The standard InChI is InChI=1S/C3H8O3PSi/c1-2-3-5-7(4)6-8/h2H,1,3H2,8H3/q+1. The SMILES string of the molecule is C=CCO[P+](=O)O[SiH3]. The molecule has 0 radical (unpaired) electrons. The fourth-order valence-corrected chi connectivity index (χ4v) is 0.815. The summed E-state index contributed by atoms with van der Waals surface area (Å²) in [5.41, 5.74) is 0. The Balaban J connectivity index is 3.11. The van der Waals surface area contributed by atoms with Gasteiger partial charge in [-0.05, 0) is 0 Å². The second-order valence-electron chi connectivity index (χ2n) is 0.991. The maximum absolute atomic E-state index is 10.3. The minimum atomic E-state index is -1.84. The van der Waals surface area contributed by atoms with Crippen LogP contribution in [-0.4, -0.2) is 17.1 Å². The van der Waals surface area contributed by atoms with Gasteiger partial charge in [0.1, 0.15) is 6.61 Å². The summed E-state index contributed by atoms with van der Waals surface area (Å²) < 4.78 is 19.2. The molecule has 0 N–H and O–H groups in total. The van der Waals surface area contributed by atoms with Crippen LogP contribution < -0.4 is 0 Å². The zero-order valence-corrected chi connectivity index (χ0v) is 7.56. The highest BCUT2D eigenvalue weighted by atomic mass is 31.1. The Morgan fingerprint density at radius 1 is 1.88 bits per heavy atom. The van der Waals surface area contributed by atoms with Gasteiger partial charge in [-0.1, -0.05) is 6.08 Å². The summed E-state index contributed by atoms with van der Waals surface area (Å²) >= 11 is 0. The van der Waals surface area contributed by atoms with E-state index in [0.717, 1.165) is 0 Å². The average molecular weight is 151 g/mol. The van der Waals surface area contributed by atoms with Gasteiger partial charge in [-0.15, -0.1) is 11.1 Å². The van der Waals surface area contributed by atoms with Gasteiger partial charge >= 0.3 is 8.25 Å². The molecular formula is C3H8O3PSi+. The highest BCUT2D eigenvalue weighted by Crippen LogP contribution is 2.20. The van der Waals surface area contributed by atoms with Crippen LogP contribution in [0.4, 0.5) is 0 Å². The van der Waals surface area contributed by atoms with Crippen molar-refractivity contribution in [2.75, 3.05) is 6.61 Å². The lowest BCUT2D eigenvalue weighted by Gasteiger charge is -1.77. The Hall–Kier alpha value is -0.0231. The van der Waals surface area contributed by atoms with E-state index in [-0.39, 0.29) is 6.61 Å². The second-order valence-corrected chi connectivity index (χ2v) is 3.16. The molecule has 8 heavy (non-hydrogen) atoms. The first-order chi connectivity index (χ1) is 3.81. The van der Waals surface area contributed by atoms with Crippen LogP contribution in [0.25, 0.3) is 0 Å². The Kier molecular flexibility index (Phi) is 5.11. The topological polar surface area (TPSA) is 35.5 Å². The summed E-state index contributed by atoms with van der Waals surface area (Å²) in [6.07, 6.45) is 1.52. The fourth-order valence-electron chi connectivity index (χ4n) is 0.166. The van der Waals surface area contributed by atoms with E-state index in [0.29, 0.717) is 10.5 Å². The molecule has 0 rings (SSSR count). The third kappa shape index (κ3) is 4.14. The summed E-state index contributed by atoms with van der Waals surface area (Å²) in [7, 11) is -1.40. The molecule has 0 bridgehead atoms. The first-order valence-electron chi connectivity index (χ1n) is 2.06. The van der Waals surface area contributed by atoms with Crippen molar-refractivity contribution in [1.82, 2.24) is 0 Å². The normalized spacial score (nSPS) is 11.2. The molecular weight excluding hydrogens is 143 g/mol. The molecule has 0 aliphatic rings. The number of rotatable bonds is 4. The molecule has 5 heteroatoms. The van der Waals surface area contributed by atoms with Crippen molar-refractivity contribution in [3.05, 3.63) is 12.7 Å². The Morgan fingerprint density at radius 3 is 2.88 bits per heavy atom. The van der Waals surface area contributed by atoms with Crippen LogP contribution in [0.15, 0.2) is 12.7 Å². The van der Waals surface area contributed by atoms with Gasteiger partial charge in [0.05, 0.1) is 0 Å². The lowest BCUT2D eigenvalue weighted by molar-refractivity contribution is 0.324. The van der Waals surface area contributed by atoms with Gasteiger partial charge < -0.3 is 0 Å². The van der Waals surface area contributed by atoms with E-state index in [4.69, 9.17) is 0 Å². The van der Waals surface area contributed by atoms with Crippen LogP contribution in [0, 0.1) is 0 Å². The fraction of sp³-hybridized carbons (Fsp3) is 0.333. The third-order valence-corrected chi connectivity index (χ3v) is 2.00. The average Bonchev–Trinajstić information content (AvgIpc) is 1.83. The molecule has 0 aliphatic carbocycles. The summed E-state index contributed by atoms with van der Waals surface area (Å²) in [4.78, 5) is 0. The Morgan fingerprint density at radius 2 is 2.50 bits per heavy atom. The van der Waals surface area contributed by atoms with Crippen LogP contribution in [0.1, 0.15) is 0 Å². The van der Waals surface area contributed by atoms with Gasteiger partial charge in [0, 0.05) is 4.57 Å². The van der Waals surface area contributed by atoms with Crippen LogP contribution in [0.3, 0.4) is 0 Å². The molecule has 3 nitrogen and oxygen atoms in total. The summed E-state index contributed by atoms with van der Waals surface area (Å²) in [6, 6.07) is 0. The zero-order chi connectivity index (χ0) is 6.41. The van der Waals surface area contributed by atoms with Crippen molar-refractivity contribution >= 4 is 18.7 Å². The highest BCUT2D eigenvalue weighted by Gasteiger charge is 2.12. The molecule has 0 saturated carbocycles. The van der Waals surface area contributed by atoms with Gasteiger partial charge in [-0.2, -0.15) is 4.21 Å². The van der Waals surface area contributed by atoms with Crippen molar-refractivity contribution in [3.63, 3.8) is 0 Å². The summed E-state index contributed by atoms with van der Waals surface area (Å²) in [5.74, 6) is 0. The van der Waals surface area contributed by atoms with E-state index in [1.807, 2.05) is 0 Å². The number of hydrogen-bond donors (Lipinski definition) is 0. The smallest absolute Gasteiger partial charge is 0.187 e. The molecule has 0 aromatic rings. The minimum absolute atomic E-state index is 0.289. The predicted molar refractivity (Wildman–Crippen MR) is 34.8 cm³/mol. The summed E-state index contributed by atoms with van der Waals surface area (Å²) in [6.45, 7) is 3.66. The van der Waals surface area contributed by atoms with E-state index in [1.165, 1.54) is 6.08 Å². The van der Waals surface area contributed by atoms with Crippen molar-refractivity contribution in [2.45, 2.75) is 0 Å². The van der Waals surface area contributed by atoms with E-state index in [2.05, 4.69) is 15.3 Å². The molecule has 0 spiro atoms. The highest BCUT2D eigenvalue weighted by molar-refractivity contribution is 7.34. The van der Waals surface area contributed by atoms with Gasteiger partial charge in [0.25, 0.3) is 0 Å². The molecule has 1 unspecified atom stereocenters. The van der Waals surface area contributed by atoms with E-state index < -0.39 is 8.25 Å². The van der Waals surface area contributed by atoms with Crippen molar-refractivity contribution < 1.29 is 13.3 Å². The molecule has 46 valence electrons. The maximum Gasteiger partial charge on any atom is 0.684 e. The van der Waals surface area contributed by atoms with Gasteiger partial charge in [0.2, 0.25) is 10.5 Å². The van der Waals surface area contributed by atoms with Gasteiger partial charge in [-0.25, -0.2) is 0 Å². The van der Waals surface area contributed by atoms with Crippen LogP contribution >= 0.6 is 8.25 Å². The first kappa shape index (κ1) is 7.98. The van der Waals surface area contributed by atoms with Crippen LogP contribution in [0.5, 0.6) is 0 Å². The molecule has 0 aliphatic heterocycles. The first-order valence-corrected chi connectivity index (χ1v) is 3.97. The van der Waals surface area contributed by atoms with E-state index >= 15 is 0 Å². The molecule has 0 heterocycles. The van der Waals surface area contributed by atoms with E-state index in [1.54, 1.807) is 0 Å². The molecule has 0 amide bonds. The quantitative estimate of drug-likeness (QED) is 0.326. The van der Waals surface area contributed by atoms with Crippen molar-refractivity contribution in [1.29, 1.82) is 0 Å². The minimum Gasteiger partial charge on any atom is -0.187 e. The monoisotopic (exact) mass is 151 g/mol. The maximum atomic E-state index is 10.3. The number of hydrogen-bond acceptors (Lipinski definition) is 3. The zero-order valence-electron chi connectivity index (χ0n) is 4.66. The summed E-state index contributed by atoms with van der Waals surface area (Å²) in [5, 5.41) is 0. The molecule has 0 aromatic carbocycles. The second kappa shape index (κ2) is 5.12. The van der Waals surface area contributed by atoms with Crippen LogP contribution in [-0.2, 0) is 13.3 Å². The Labute approximate surface area is 52.2 Å². The van der Waals surface area contributed by atoms with E-state index in [9.17, 15) is 4.57 Å². The third-order valence-electron chi connectivity index (χ3n) is 0.447. The largest absolute Gasteiger partial charge is 0.684 e. The molecule has 0 fully saturated rings. The molecule has 0 aromatic heterocycles. The van der Waals surface area contributed by atoms with Gasteiger partial charge in [0.15, 0.2) is 0 Å². The molecule has 0 saturated heterocycles.